The van der Waals surface area contributed by atoms with Crippen LogP contribution >= 0.6 is 0 Å². The third-order valence-electron chi connectivity index (χ3n) is 3.39. The summed E-state index contributed by atoms with van der Waals surface area (Å²) in [6.07, 6.45) is 8.59. The van der Waals surface area contributed by atoms with E-state index in [-0.39, 0.29) is 0 Å². The number of pyridine rings is 1. The van der Waals surface area contributed by atoms with Crippen LogP contribution in [0.2, 0.25) is 0 Å². The summed E-state index contributed by atoms with van der Waals surface area (Å²) in [5, 5.41) is 0. The molecule has 0 N–H and O–H groups in total. The highest BCUT2D eigenvalue weighted by molar-refractivity contribution is 5.80. The Hall–Kier alpha value is -1.96. The van der Waals surface area contributed by atoms with Gasteiger partial charge in [0.1, 0.15) is 0 Å². The molecule has 0 saturated carbocycles. The van der Waals surface area contributed by atoms with E-state index < -0.39 is 0 Å². The van der Waals surface area contributed by atoms with E-state index >= 15 is 0 Å². The molecule has 1 aliphatic carbocycles. The average molecular weight is 236 g/mol. The lowest BCUT2D eigenvalue weighted by molar-refractivity contribution is 0.686. The van der Waals surface area contributed by atoms with Gasteiger partial charge in [0, 0.05) is 6.20 Å². The summed E-state index contributed by atoms with van der Waals surface area (Å²) in [5.41, 5.74) is 4.91. The van der Waals surface area contributed by atoms with Gasteiger partial charge in [0.05, 0.1) is 17.6 Å². The first-order chi connectivity index (χ1) is 8.93. The van der Waals surface area contributed by atoms with Crippen molar-refractivity contribution >= 4 is 11.9 Å². The first-order valence-corrected chi connectivity index (χ1v) is 6.49. The summed E-state index contributed by atoms with van der Waals surface area (Å²) in [6.45, 7) is 0. The molecule has 1 heterocycles. The zero-order valence-electron chi connectivity index (χ0n) is 10.3. The monoisotopic (exact) mass is 236 g/mol. The van der Waals surface area contributed by atoms with E-state index in [1.807, 2.05) is 24.4 Å². The Morgan fingerprint density at radius 3 is 2.83 bits per heavy atom. The molecule has 0 bridgehead atoms. The maximum atomic E-state index is 4.60. The number of hydrogen-bond donors (Lipinski definition) is 0. The van der Waals surface area contributed by atoms with Crippen LogP contribution in [0.3, 0.4) is 0 Å². The number of fused-ring (bicyclic) bond motifs is 1. The molecule has 2 nitrogen and oxygen atoms in total. The molecular weight excluding hydrogens is 220 g/mol. The Labute approximate surface area is 107 Å². The number of aromatic nitrogens is 1. The SMILES string of the molecule is C(=Nc1cccc2c1CCCC2)c1ccccn1. The topological polar surface area (TPSA) is 25.2 Å². The average Bonchev–Trinajstić information content (AvgIpc) is 2.46. The molecule has 1 aromatic heterocycles. The third-order valence-corrected chi connectivity index (χ3v) is 3.39. The quantitative estimate of drug-likeness (QED) is 0.730. The second kappa shape index (κ2) is 5.13. The van der Waals surface area contributed by atoms with Gasteiger partial charge < -0.3 is 0 Å². The van der Waals surface area contributed by atoms with E-state index in [4.69, 9.17) is 0 Å². The molecule has 0 unspecified atom stereocenters. The van der Waals surface area contributed by atoms with Gasteiger partial charge in [0.2, 0.25) is 0 Å². The smallest absolute Gasteiger partial charge is 0.0812 e. The largest absolute Gasteiger partial charge is 0.255 e. The molecule has 0 atom stereocenters. The van der Waals surface area contributed by atoms with Crippen molar-refractivity contribution in [1.29, 1.82) is 0 Å². The normalized spacial score (nSPS) is 14.7. The molecule has 0 aliphatic heterocycles. The lowest BCUT2D eigenvalue weighted by Gasteiger charge is -2.16. The summed E-state index contributed by atoms with van der Waals surface area (Å²) < 4.78 is 0. The molecule has 0 fully saturated rings. The highest BCUT2D eigenvalue weighted by Gasteiger charge is 2.11. The number of aryl methyl sites for hydroxylation is 1. The summed E-state index contributed by atoms with van der Waals surface area (Å²) >= 11 is 0. The van der Waals surface area contributed by atoms with Crippen LogP contribution in [-0.2, 0) is 12.8 Å². The first-order valence-electron chi connectivity index (χ1n) is 6.49. The number of hydrogen-bond acceptors (Lipinski definition) is 2. The highest BCUT2D eigenvalue weighted by atomic mass is 14.8. The van der Waals surface area contributed by atoms with Crippen LogP contribution in [0, 0.1) is 0 Å². The van der Waals surface area contributed by atoms with Crippen LogP contribution in [0.15, 0.2) is 47.6 Å². The van der Waals surface area contributed by atoms with Gasteiger partial charge in [-0.05, 0) is 55.0 Å². The molecule has 0 spiro atoms. The molecule has 0 saturated heterocycles. The van der Waals surface area contributed by atoms with Crippen molar-refractivity contribution < 1.29 is 0 Å². The van der Waals surface area contributed by atoms with Gasteiger partial charge in [-0.2, -0.15) is 0 Å². The number of aliphatic imine (C=N–C) groups is 1. The number of rotatable bonds is 2. The minimum Gasteiger partial charge on any atom is -0.255 e. The van der Waals surface area contributed by atoms with Gasteiger partial charge in [-0.3, -0.25) is 9.98 Å². The minimum atomic E-state index is 0.908. The molecule has 18 heavy (non-hydrogen) atoms. The van der Waals surface area contributed by atoms with Crippen molar-refractivity contribution in [2.45, 2.75) is 25.7 Å². The van der Waals surface area contributed by atoms with E-state index in [2.05, 4.69) is 28.2 Å². The summed E-state index contributed by atoms with van der Waals surface area (Å²) in [7, 11) is 0. The fraction of sp³-hybridized carbons (Fsp3) is 0.250. The van der Waals surface area contributed by atoms with Gasteiger partial charge in [0.15, 0.2) is 0 Å². The standard InChI is InChI=1S/C16H16N2/c1-2-9-15-13(6-1)7-5-10-16(15)18-12-14-8-3-4-11-17-14/h3-5,7-8,10-12H,1-2,6,9H2. The zero-order chi connectivity index (χ0) is 12.2. The molecule has 1 aliphatic rings. The van der Waals surface area contributed by atoms with E-state index in [0.717, 1.165) is 17.8 Å². The number of benzene rings is 1. The van der Waals surface area contributed by atoms with E-state index in [9.17, 15) is 0 Å². The Morgan fingerprint density at radius 2 is 1.94 bits per heavy atom. The van der Waals surface area contributed by atoms with Crippen LogP contribution in [0.1, 0.15) is 29.7 Å². The van der Waals surface area contributed by atoms with Crippen molar-refractivity contribution in [1.82, 2.24) is 4.98 Å². The third kappa shape index (κ3) is 2.33. The second-order valence-electron chi connectivity index (χ2n) is 4.63. The Balaban J connectivity index is 1.91. The van der Waals surface area contributed by atoms with Crippen LogP contribution in [0.5, 0.6) is 0 Å². The molecule has 2 heteroatoms. The first kappa shape index (κ1) is 11.1. The highest BCUT2D eigenvalue weighted by Crippen LogP contribution is 2.29. The summed E-state index contributed by atoms with van der Waals surface area (Å²) in [4.78, 5) is 8.86. The van der Waals surface area contributed by atoms with Gasteiger partial charge in [-0.1, -0.05) is 18.2 Å². The molecule has 2 aromatic rings. The van der Waals surface area contributed by atoms with Crippen LogP contribution in [-0.4, -0.2) is 11.2 Å². The second-order valence-corrected chi connectivity index (χ2v) is 4.63. The molecule has 1 aromatic carbocycles. The Morgan fingerprint density at radius 1 is 1.00 bits per heavy atom. The molecular formula is C16H16N2. The predicted molar refractivity (Wildman–Crippen MR) is 74.6 cm³/mol. The zero-order valence-corrected chi connectivity index (χ0v) is 10.3. The molecule has 3 rings (SSSR count). The fourth-order valence-electron chi connectivity index (χ4n) is 2.47. The van der Waals surface area contributed by atoms with Crippen LogP contribution in [0.4, 0.5) is 5.69 Å². The van der Waals surface area contributed by atoms with Crippen molar-refractivity contribution in [2.24, 2.45) is 4.99 Å². The van der Waals surface area contributed by atoms with Crippen molar-refractivity contribution in [3.63, 3.8) is 0 Å². The van der Waals surface area contributed by atoms with Gasteiger partial charge >= 0.3 is 0 Å². The molecule has 0 radical (unpaired) electrons. The fourth-order valence-corrected chi connectivity index (χ4v) is 2.47. The maximum absolute atomic E-state index is 4.60. The van der Waals surface area contributed by atoms with Gasteiger partial charge in [0.25, 0.3) is 0 Å². The molecule has 0 amide bonds. The summed E-state index contributed by atoms with van der Waals surface area (Å²) in [6, 6.07) is 12.3. The predicted octanol–water partition coefficient (Wildman–Crippen LogP) is 3.71. The Kier molecular flexibility index (Phi) is 3.18. The Bertz CT molecular complexity index is 559. The lowest BCUT2D eigenvalue weighted by atomic mass is 9.90. The maximum Gasteiger partial charge on any atom is 0.0812 e. The van der Waals surface area contributed by atoms with Crippen molar-refractivity contribution in [3.8, 4) is 0 Å². The van der Waals surface area contributed by atoms with Gasteiger partial charge in [-0.25, -0.2) is 0 Å². The van der Waals surface area contributed by atoms with Gasteiger partial charge in [-0.15, -0.1) is 0 Å². The number of nitrogens with zero attached hydrogens (tertiary/aromatic N) is 2. The van der Waals surface area contributed by atoms with Crippen LogP contribution < -0.4 is 0 Å². The van der Waals surface area contributed by atoms with E-state index in [1.54, 1.807) is 6.20 Å². The van der Waals surface area contributed by atoms with E-state index in [0.29, 0.717) is 0 Å². The van der Waals surface area contributed by atoms with E-state index in [1.165, 1.54) is 30.4 Å². The summed E-state index contributed by atoms with van der Waals surface area (Å²) in [5.74, 6) is 0. The van der Waals surface area contributed by atoms with Crippen molar-refractivity contribution in [2.75, 3.05) is 0 Å². The van der Waals surface area contributed by atoms with Crippen molar-refractivity contribution in [3.05, 3.63) is 59.4 Å². The minimum absolute atomic E-state index is 0.908. The van der Waals surface area contributed by atoms with Crippen LogP contribution in [0.25, 0.3) is 0 Å². The molecule has 90 valence electrons. The lowest BCUT2D eigenvalue weighted by Crippen LogP contribution is -2.02.